The first-order chi connectivity index (χ1) is 10.9. The number of primary amides is 1. The minimum Gasteiger partial charge on any atom is -0.493 e. The zero-order chi connectivity index (χ0) is 17.4. The van der Waals surface area contributed by atoms with Crippen LogP contribution in [0.15, 0.2) is 30.4 Å². The molecule has 0 aliphatic rings. The van der Waals surface area contributed by atoms with Crippen molar-refractivity contribution in [1.29, 1.82) is 5.26 Å². The van der Waals surface area contributed by atoms with Gasteiger partial charge in [-0.05, 0) is 46.4 Å². The Bertz CT molecular complexity index is 707. The number of nitrogens with zero attached hydrogens (tertiary/aromatic N) is 1. The second-order valence-electron chi connectivity index (χ2n) is 4.12. The summed E-state index contributed by atoms with van der Waals surface area (Å²) in [4.78, 5) is 22.4. The van der Waals surface area contributed by atoms with Crippen LogP contribution >= 0.6 is 22.6 Å². The molecule has 0 bridgehead atoms. The first-order valence-electron chi connectivity index (χ1n) is 6.26. The molecule has 0 aromatic heterocycles. The fourth-order valence-electron chi connectivity index (χ4n) is 1.60. The molecule has 0 atom stereocenters. The molecule has 0 saturated carbocycles. The minimum atomic E-state index is -1.03. The van der Waals surface area contributed by atoms with Crippen LogP contribution in [0.1, 0.15) is 5.56 Å². The van der Waals surface area contributed by atoms with Gasteiger partial charge in [0.05, 0.1) is 10.7 Å². The smallest absolute Gasteiger partial charge is 0.319 e. The Hall–Kier alpha value is -2.54. The lowest BCUT2D eigenvalue weighted by Gasteiger charge is -2.12. The Balaban J connectivity index is 3.22. The number of hydrogen-bond donors (Lipinski definition) is 2. The molecule has 0 heterocycles. The first kappa shape index (κ1) is 18.5. The minimum absolute atomic E-state index is 0.263. The van der Waals surface area contributed by atoms with Gasteiger partial charge in [0.15, 0.2) is 11.5 Å². The van der Waals surface area contributed by atoms with Crippen LogP contribution in [0.3, 0.4) is 0 Å². The summed E-state index contributed by atoms with van der Waals surface area (Å²) in [6.45, 7) is 3.89. The SMILES string of the molecule is C=CCOc1c(I)cc(/C=C(\C#N)C(=O)NC(N)=O)cc1OC. The van der Waals surface area contributed by atoms with Gasteiger partial charge >= 0.3 is 6.03 Å². The maximum absolute atomic E-state index is 11.7. The van der Waals surface area contributed by atoms with Gasteiger partial charge in [-0.2, -0.15) is 5.26 Å². The van der Waals surface area contributed by atoms with Crippen molar-refractivity contribution in [3.05, 3.63) is 39.5 Å². The number of rotatable bonds is 6. The Labute approximate surface area is 146 Å². The first-order valence-corrected chi connectivity index (χ1v) is 7.34. The molecule has 3 amide bonds. The third-order valence-electron chi connectivity index (χ3n) is 2.51. The molecule has 0 unspecified atom stereocenters. The Morgan fingerprint density at radius 3 is 2.74 bits per heavy atom. The number of imide groups is 1. The maximum Gasteiger partial charge on any atom is 0.319 e. The van der Waals surface area contributed by atoms with Gasteiger partial charge in [-0.1, -0.05) is 12.7 Å². The lowest BCUT2D eigenvalue weighted by atomic mass is 10.1. The fraction of sp³-hybridized carbons (Fsp3) is 0.133. The van der Waals surface area contributed by atoms with Crippen LogP contribution in [0, 0.1) is 14.9 Å². The lowest BCUT2D eigenvalue weighted by Crippen LogP contribution is -2.35. The number of amides is 3. The number of nitrogens with one attached hydrogen (secondary N) is 1. The standard InChI is InChI=1S/C15H14IN3O4/c1-3-4-23-13-11(16)6-9(7-12(13)22-2)5-10(8-17)14(20)19-15(18)21/h3,5-7H,1,4H2,2H3,(H3,18,19,20,21)/b10-5+. The summed E-state index contributed by atoms with van der Waals surface area (Å²) < 4.78 is 11.5. The topological polar surface area (TPSA) is 114 Å². The van der Waals surface area contributed by atoms with Gasteiger partial charge in [0.25, 0.3) is 5.91 Å². The third-order valence-corrected chi connectivity index (χ3v) is 3.31. The summed E-state index contributed by atoms with van der Waals surface area (Å²) >= 11 is 2.04. The van der Waals surface area contributed by atoms with E-state index in [2.05, 4.69) is 6.58 Å². The van der Waals surface area contributed by atoms with Gasteiger partial charge in [0.1, 0.15) is 18.2 Å². The predicted molar refractivity (Wildman–Crippen MR) is 92.7 cm³/mol. The molecule has 0 aliphatic carbocycles. The van der Waals surface area contributed by atoms with Crippen molar-refractivity contribution in [1.82, 2.24) is 5.32 Å². The number of ether oxygens (including phenoxy) is 2. The van der Waals surface area contributed by atoms with Crippen molar-refractivity contribution in [2.45, 2.75) is 0 Å². The highest BCUT2D eigenvalue weighted by atomic mass is 127. The molecule has 0 aliphatic heterocycles. The summed E-state index contributed by atoms with van der Waals surface area (Å²) in [6.07, 6.45) is 2.92. The Morgan fingerprint density at radius 1 is 1.52 bits per heavy atom. The molecule has 0 fully saturated rings. The zero-order valence-electron chi connectivity index (χ0n) is 12.3. The van der Waals surface area contributed by atoms with Gasteiger partial charge in [-0.3, -0.25) is 10.1 Å². The van der Waals surface area contributed by atoms with Crippen LogP contribution in [0.2, 0.25) is 0 Å². The second kappa shape index (κ2) is 8.79. The second-order valence-corrected chi connectivity index (χ2v) is 5.28. The van der Waals surface area contributed by atoms with E-state index in [4.69, 9.17) is 20.5 Å². The molecule has 1 rings (SSSR count). The van der Waals surface area contributed by atoms with E-state index in [1.54, 1.807) is 24.3 Å². The van der Waals surface area contributed by atoms with E-state index < -0.39 is 11.9 Å². The molecule has 1 aromatic carbocycles. The van der Waals surface area contributed by atoms with E-state index in [0.717, 1.165) is 3.57 Å². The number of halogens is 1. The number of urea groups is 1. The highest BCUT2D eigenvalue weighted by Crippen LogP contribution is 2.34. The molecular formula is C15H14IN3O4. The van der Waals surface area contributed by atoms with Crippen LogP contribution in [-0.2, 0) is 4.79 Å². The van der Waals surface area contributed by atoms with Crippen molar-refractivity contribution in [3.63, 3.8) is 0 Å². The molecule has 1 aromatic rings. The quantitative estimate of drug-likeness (QED) is 0.312. The average molecular weight is 427 g/mol. The van der Waals surface area contributed by atoms with Crippen LogP contribution < -0.4 is 20.5 Å². The van der Waals surface area contributed by atoms with Gasteiger partial charge < -0.3 is 15.2 Å². The number of benzene rings is 1. The van der Waals surface area contributed by atoms with E-state index >= 15 is 0 Å². The number of nitrogens with two attached hydrogens (primary N) is 1. The summed E-state index contributed by atoms with van der Waals surface area (Å²) in [5.74, 6) is 0.101. The van der Waals surface area contributed by atoms with Gasteiger partial charge in [0.2, 0.25) is 0 Å². The summed E-state index contributed by atoms with van der Waals surface area (Å²) in [5, 5.41) is 10.9. The highest BCUT2D eigenvalue weighted by molar-refractivity contribution is 14.1. The number of hydrogen-bond acceptors (Lipinski definition) is 5. The predicted octanol–water partition coefficient (Wildman–Crippen LogP) is 1.97. The highest BCUT2D eigenvalue weighted by Gasteiger charge is 2.14. The fourth-order valence-corrected chi connectivity index (χ4v) is 2.38. The molecule has 3 N–H and O–H groups in total. The van der Waals surface area contributed by atoms with Crippen molar-refractivity contribution >= 4 is 40.6 Å². The van der Waals surface area contributed by atoms with Crippen LogP contribution in [0.25, 0.3) is 6.08 Å². The van der Waals surface area contributed by atoms with Gasteiger partial charge in [-0.25, -0.2) is 4.79 Å². The van der Waals surface area contributed by atoms with Crippen molar-refractivity contribution < 1.29 is 19.1 Å². The normalized spacial score (nSPS) is 10.4. The number of methoxy groups -OCH3 is 1. The molecule has 23 heavy (non-hydrogen) atoms. The van der Waals surface area contributed by atoms with Crippen LogP contribution in [-0.4, -0.2) is 25.7 Å². The van der Waals surface area contributed by atoms with Crippen molar-refractivity contribution in [3.8, 4) is 17.6 Å². The summed E-state index contributed by atoms with van der Waals surface area (Å²) in [6, 6.07) is 4.00. The van der Waals surface area contributed by atoms with Gasteiger partial charge in [0, 0.05) is 0 Å². The lowest BCUT2D eigenvalue weighted by molar-refractivity contribution is -0.115. The monoisotopic (exact) mass is 427 g/mol. The van der Waals surface area contributed by atoms with E-state index in [0.29, 0.717) is 23.7 Å². The number of carbonyl (C=O) groups is 2. The molecule has 0 spiro atoms. The summed E-state index contributed by atoms with van der Waals surface area (Å²) in [7, 11) is 1.48. The van der Waals surface area contributed by atoms with Gasteiger partial charge in [-0.15, -0.1) is 0 Å². The largest absolute Gasteiger partial charge is 0.493 e. The number of carbonyl (C=O) groups excluding carboxylic acids is 2. The van der Waals surface area contributed by atoms with E-state index in [1.807, 2.05) is 27.9 Å². The third kappa shape index (κ3) is 5.30. The molecular weight excluding hydrogens is 413 g/mol. The molecule has 0 saturated heterocycles. The van der Waals surface area contributed by atoms with E-state index in [-0.39, 0.29) is 5.57 Å². The molecule has 0 radical (unpaired) electrons. The van der Waals surface area contributed by atoms with E-state index in [9.17, 15) is 9.59 Å². The van der Waals surface area contributed by atoms with Crippen LogP contribution in [0.5, 0.6) is 11.5 Å². The average Bonchev–Trinajstić information content (AvgIpc) is 2.50. The Morgan fingerprint density at radius 2 is 2.22 bits per heavy atom. The summed E-state index contributed by atoms with van der Waals surface area (Å²) in [5.41, 5.74) is 5.14. The maximum atomic E-state index is 11.7. The van der Waals surface area contributed by atoms with Crippen molar-refractivity contribution in [2.75, 3.05) is 13.7 Å². The van der Waals surface area contributed by atoms with Crippen molar-refractivity contribution in [2.24, 2.45) is 5.73 Å². The molecule has 8 heteroatoms. The van der Waals surface area contributed by atoms with E-state index in [1.165, 1.54) is 13.2 Å². The Kier molecular flexibility index (Phi) is 7.08. The zero-order valence-corrected chi connectivity index (χ0v) is 14.4. The number of nitriles is 1. The molecule has 120 valence electrons. The molecule has 7 nitrogen and oxygen atoms in total. The van der Waals surface area contributed by atoms with Crippen LogP contribution in [0.4, 0.5) is 4.79 Å².